The van der Waals surface area contributed by atoms with Crippen molar-refractivity contribution in [1.29, 1.82) is 0 Å². The number of pyridine rings is 1. The van der Waals surface area contributed by atoms with E-state index in [1.54, 1.807) is 0 Å². The van der Waals surface area contributed by atoms with Crippen molar-refractivity contribution in [3.63, 3.8) is 0 Å². The molecule has 18 heavy (non-hydrogen) atoms. The fourth-order valence-corrected chi connectivity index (χ4v) is 1.56. The smallest absolute Gasteiger partial charge is 0.237 e. The predicted molar refractivity (Wildman–Crippen MR) is 73.2 cm³/mol. The van der Waals surface area contributed by atoms with Gasteiger partial charge in [0.25, 0.3) is 0 Å². The number of carbonyl (C=O) groups is 1. The Hall–Kier alpha value is -1.42. The summed E-state index contributed by atoms with van der Waals surface area (Å²) in [6.45, 7) is 10.4. The van der Waals surface area contributed by atoms with Crippen LogP contribution in [0.2, 0.25) is 0 Å². The molecule has 1 atom stereocenters. The lowest BCUT2D eigenvalue weighted by molar-refractivity contribution is -0.124. The first-order valence-corrected chi connectivity index (χ1v) is 6.24. The van der Waals surface area contributed by atoms with Gasteiger partial charge in [-0.3, -0.25) is 9.78 Å². The first-order valence-electron chi connectivity index (χ1n) is 6.24. The summed E-state index contributed by atoms with van der Waals surface area (Å²) in [6, 6.07) is 1.85. The SMILES string of the molecule is Cc1cncc(CNC(C)C(=O)NC(C)(C)C)c1. The van der Waals surface area contributed by atoms with Gasteiger partial charge in [-0.15, -0.1) is 0 Å². The Morgan fingerprint density at radius 1 is 1.39 bits per heavy atom. The quantitative estimate of drug-likeness (QED) is 0.855. The third-order valence-corrected chi connectivity index (χ3v) is 2.44. The van der Waals surface area contributed by atoms with Crippen LogP contribution in [0.4, 0.5) is 0 Å². The first kappa shape index (κ1) is 14.6. The van der Waals surface area contributed by atoms with Gasteiger partial charge in [-0.2, -0.15) is 0 Å². The van der Waals surface area contributed by atoms with Crippen molar-refractivity contribution in [3.8, 4) is 0 Å². The van der Waals surface area contributed by atoms with Crippen LogP contribution in [0.3, 0.4) is 0 Å². The lowest BCUT2D eigenvalue weighted by atomic mass is 10.1. The molecule has 1 amide bonds. The van der Waals surface area contributed by atoms with E-state index in [-0.39, 0.29) is 17.5 Å². The summed E-state index contributed by atoms with van der Waals surface area (Å²) in [4.78, 5) is 16.0. The molecule has 4 nitrogen and oxygen atoms in total. The largest absolute Gasteiger partial charge is 0.350 e. The van der Waals surface area contributed by atoms with Crippen LogP contribution in [0.25, 0.3) is 0 Å². The van der Waals surface area contributed by atoms with Gasteiger partial charge in [-0.05, 0) is 45.7 Å². The number of rotatable bonds is 4. The molecule has 0 bridgehead atoms. The van der Waals surface area contributed by atoms with Crippen molar-refractivity contribution < 1.29 is 4.79 Å². The Balaban J connectivity index is 2.46. The predicted octanol–water partition coefficient (Wildman–Crippen LogP) is 1.78. The van der Waals surface area contributed by atoms with Crippen molar-refractivity contribution in [2.75, 3.05) is 0 Å². The van der Waals surface area contributed by atoms with Crippen LogP contribution in [-0.2, 0) is 11.3 Å². The van der Waals surface area contributed by atoms with Gasteiger partial charge in [0.05, 0.1) is 6.04 Å². The van der Waals surface area contributed by atoms with E-state index in [1.165, 1.54) is 0 Å². The van der Waals surface area contributed by atoms with Crippen LogP contribution in [0.1, 0.15) is 38.8 Å². The van der Waals surface area contributed by atoms with E-state index in [1.807, 2.05) is 47.0 Å². The number of nitrogens with one attached hydrogen (secondary N) is 2. The lowest BCUT2D eigenvalue weighted by Crippen LogP contribution is -2.49. The van der Waals surface area contributed by atoms with E-state index in [2.05, 4.69) is 21.7 Å². The van der Waals surface area contributed by atoms with Gasteiger partial charge in [-0.1, -0.05) is 6.07 Å². The molecular formula is C14H23N3O. The molecule has 1 heterocycles. The summed E-state index contributed by atoms with van der Waals surface area (Å²) in [5.74, 6) is 0.0168. The molecule has 0 aliphatic carbocycles. The van der Waals surface area contributed by atoms with Crippen molar-refractivity contribution >= 4 is 5.91 Å². The number of amides is 1. The Morgan fingerprint density at radius 3 is 2.61 bits per heavy atom. The molecule has 2 N–H and O–H groups in total. The van der Waals surface area contributed by atoms with Crippen LogP contribution >= 0.6 is 0 Å². The molecule has 100 valence electrons. The molecule has 0 aliphatic rings. The Kier molecular flexibility index (Phi) is 4.84. The highest BCUT2D eigenvalue weighted by Crippen LogP contribution is 2.02. The second kappa shape index (κ2) is 5.96. The Bertz CT molecular complexity index is 410. The summed E-state index contributed by atoms with van der Waals surface area (Å²) in [5, 5.41) is 6.15. The van der Waals surface area contributed by atoms with E-state index >= 15 is 0 Å². The maximum Gasteiger partial charge on any atom is 0.237 e. The minimum absolute atomic E-state index is 0.0168. The van der Waals surface area contributed by atoms with Crippen molar-refractivity contribution in [2.45, 2.75) is 52.7 Å². The highest BCUT2D eigenvalue weighted by Gasteiger charge is 2.18. The molecule has 1 aromatic rings. The normalized spacial score (nSPS) is 13.2. The molecule has 4 heteroatoms. The first-order chi connectivity index (χ1) is 8.28. The molecule has 1 unspecified atom stereocenters. The van der Waals surface area contributed by atoms with Crippen LogP contribution in [-0.4, -0.2) is 22.5 Å². The second-order valence-electron chi connectivity index (χ2n) is 5.71. The van der Waals surface area contributed by atoms with Crippen molar-refractivity contribution in [1.82, 2.24) is 15.6 Å². The number of hydrogen-bond acceptors (Lipinski definition) is 3. The van der Waals surface area contributed by atoms with E-state index in [0.717, 1.165) is 11.1 Å². The fourth-order valence-electron chi connectivity index (χ4n) is 1.56. The number of nitrogens with zero attached hydrogens (tertiary/aromatic N) is 1. The molecule has 0 saturated carbocycles. The van der Waals surface area contributed by atoms with E-state index < -0.39 is 0 Å². The van der Waals surface area contributed by atoms with Gasteiger partial charge in [0.15, 0.2) is 0 Å². The average Bonchev–Trinajstić information content (AvgIpc) is 2.23. The Morgan fingerprint density at radius 2 is 2.06 bits per heavy atom. The van der Waals surface area contributed by atoms with Crippen molar-refractivity contribution in [3.05, 3.63) is 29.6 Å². The van der Waals surface area contributed by atoms with Crippen LogP contribution in [0.5, 0.6) is 0 Å². The van der Waals surface area contributed by atoms with Gasteiger partial charge in [0, 0.05) is 24.5 Å². The van der Waals surface area contributed by atoms with E-state index in [4.69, 9.17) is 0 Å². The second-order valence-corrected chi connectivity index (χ2v) is 5.71. The molecule has 1 rings (SSSR count). The lowest BCUT2D eigenvalue weighted by Gasteiger charge is -2.23. The van der Waals surface area contributed by atoms with E-state index in [9.17, 15) is 4.79 Å². The maximum absolute atomic E-state index is 11.9. The molecule has 0 radical (unpaired) electrons. The number of aromatic nitrogens is 1. The van der Waals surface area contributed by atoms with Gasteiger partial charge >= 0.3 is 0 Å². The topological polar surface area (TPSA) is 54.0 Å². The fraction of sp³-hybridized carbons (Fsp3) is 0.571. The number of hydrogen-bond donors (Lipinski definition) is 2. The summed E-state index contributed by atoms with van der Waals surface area (Å²) < 4.78 is 0. The molecule has 0 fully saturated rings. The highest BCUT2D eigenvalue weighted by atomic mass is 16.2. The summed E-state index contributed by atoms with van der Waals surface area (Å²) in [6.07, 6.45) is 3.63. The van der Waals surface area contributed by atoms with Crippen molar-refractivity contribution in [2.24, 2.45) is 0 Å². The molecule has 1 aromatic heterocycles. The summed E-state index contributed by atoms with van der Waals surface area (Å²) in [7, 11) is 0. The molecule has 0 aromatic carbocycles. The minimum Gasteiger partial charge on any atom is -0.350 e. The van der Waals surface area contributed by atoms with Crippen LogP contribution in [0, 0.1) is 6.92 Å². The van der Waals surface area contributed by atoms with Gasteiger partial charge in [0.2, 0.25) is 5.91 Å². The number of aryl methyl sites for hydroxylation is 1. The third-order valence-electron chi connectivity index (χ3n) is 2.44. The highest BCUT2D eigenvalue weighted by molar-refractivity contribution is 5.81. The van der Waals surface area contributed by atoms with Gasteiger partial charge < -0.3 is 10.6 Å². The van der Waals surface area contributed by atoms with E-state index in [0.29, 0.717) is 6.54 Å². The van der Waals surface area contributed by atoms with Crippen LogP contribution < -0.4 is 10.6 Å². The molecular weight excluding hydrogens is 226 g/mol. The standard InChI is InChI=1S/C14H23N3O/c1-10-6-12(8-15-7-10)9-16-11(2)13(18)17-14(3,4)5/h6-8,11,16H,9H2,1-5H3,(H,17,18). The zero-order chi connectivity index (χ0) is 13.8. The average molecular weight is 249 g/mol. The zero-order valence-corrected chi connectivity index (χ0v) is 11.9. The van der Waals surface area contributed by atoms with Crippen LogP contribution in [0.15, 0.2) is 18.5 Å². The number of carbonyl (C=O) groups excluding carboxylic acids is 1. The molecule has 0 saturated heterocycles. The summed E-state index contributed by atoms with van der Waals surface area (Å²) in [5.41, 5.74) is 2.02. The van der Waals surface area contributed by atoms with Gasteiger partial charge in [0.1, 0.15) is 0 Å². The third kappa shape index (κ3) is 5.27. The monoisotopic (exact) mass is 249 g/mol. The van der Waals surface area contributed by atoms with Gasteiger partial charge in [-0.25, -0.2) is 0 Å². The maximum atomic E-state index is 11.9. The molecule has 0 aliphatic heterocycles. The Labute approximate surface area is 109 Å². The molecule has 0 spiro atoms. The minimum atomic E-state index is -0.218. The zero-order valence-electron chi connectivity index (χ0n) is 11.9. The summed E-state index contributed by atoms with van der Waals surface area (Å²) >= 11 is 0.